The molecule has 1 atom stereocenters. The van der Waals surface area contributed by atoms with E-state index >= 15 is 0 Å². The number of carbonyl (C=O) groups is 1. The van der Waals surface area contributed by atoms with Crippen LogP contribution < -0.4 is 9.74 Å². The molecule has 1 N–H and O–H groups in total. The number of rotatable bonds is 8. The average molecular weight is 400 g/mol. The Morgan fingerprint density at radius 3 is 2.14 bits per heavy atom. The number of esters is 1. The van der Waals surface area contributed by atoms with Crippen molar-refractivity contribution in [2.45, 2.75) is 58.0 Å². The molecule has 2 aromatic rings. The number of carbonyl (C=O) groups excluding carboxylic acids is 1. The number of likely N-dealkylation sites (N-methyl/N-ethyl adjacent to an activating group) is 1. The van der Waals surface area contributed by atoms with Crippen LogP contribution in [-0.2, 0) is 22.6 Å². The molecule has 0 bridgehead atoms. The molecule has 4 nitrogen and oxygen atoms in total. The molecule has 0 aliphatic heterocycles. The molecule has 0 aliphatic rings. The summed E-state index contributed by atoms with van der Waals surface area (Å²) in [5.41, 5.74) is 2.05. The van der Waals surface area contributed by atoms with Crippen LogP contribution in [0.15, 0.2) is 54.6 Å². The van der Waals surface area contributed by atoms with Crippen molar-refractivity contribution in [3.05, 3.63) is 65.7 Å². The lowest BCUT2D eigenvalue weighted by atomic mass is 10.1. The Bertz CT molecular complexity index is 752. The van der Waals surface area contributed by atoms with Gasteiger partial charge < -0.3 is 14.5 Å². The third-order valence-corrected chi connectivity index (χ3v) is 9.76. The number of hydrogen-bond acceptors (Lipinski definition) is 4. The van der Waals surface area contributed by atoms with Gasteiger partial charge in [0, 0.05) is 0 Å². The van der Waals surface area contributed by atoms with E-state index in [9.17, 15) is 4.79 Å². The van der Waals surface area contributed by atoms with Crippen molar-refractivity contribution in [2.24, 2.45) is 0 Å². The second kappa shape index (κ2) is 9.39. The molecular weight excluding hydrogens is 366 g/mol. The molecule has 28 heavy (non-hydrogen) atoms. The monoisotopic (exact) mass is 399 g/mol. The highest BCUT2D eigenvalue weighted by Crippen LogP contribution is 2.37. The fraction of sp³-hybridized carbons (Fsp3) is 0.435. The van der Waals surface area contributed by atoms with E-state index in [4.69, 9.17) is 9.16 Å². The SMILES string of the molecule is CN[C@H](Cc1ccc(O[Si](C)(C)C(C)(C)C)cc1)C(=O)OCc1ccccc1. The first-order valence-corrected chi connectivity index (χ1v) is 12.7. The molecule has 0 fully saturated rings. The number of hydrogen-bond donors (Lipinski definition) is 1. The van der Waals surface area contributed by atoms with Crippen molar-refractivity contribution in [1.29, 1.82) is 0 Å². The average Bonchev–Trinajstić information content (AvgIpc) is 2.65. The quantitative estimate of drug-likeness (QED) is 0.504. The first-order valence-electron chi connectivity index (χ1n) is 9.78. The molecule has 0 saturated carbocycles. The van der Waals surface area contributed by atoms with E-state index in [1.165, 1.54) is 0 Å². The zero-order valence-corrected chi connectivity index (χ0v) is 18.9. The number of benzene rings is 2. The van der Waals surface area contributed by atoms with Crippen LogP contribution in [0, 0.1) is 0 Å². The first kappa shape index (κ1) is 22.2. The van der Waals surface area contributed by atoms with Crippen molar-refractivity contribution in [1.82, 2.24) is 5.32 Å². The van der Waals surface area contributed by atoms with Crippen LogP contribution in [0.1, 0.15) is 31.9 Å². The number of nitrogens with one attached hydrogen (secondary N) is 1. The topological polar surface area (TPSA) is 47.6 Å². The standard InChI is InChI=1S/C23H33NO3Si/c1-23(2,3)28(5,6)27-20-14-12-18(13-15-20)16-21(24-4)22(25)26-17-19-10-8-7-9-11-19/h7-15,21,24H,16-17H2,1-6H3/t21-/m1/s1. The minimum Gasteiger partial charge on any atom is -0.544 e. The van der Waals surface area contributed by atoms with Gasteiger partial charge in [0.2, 0.25) is 8.32 Å². The molecule has 2 rings (SSSR count). The molecular formula is C23H33NO3Si. The second-order valence-electron chi connectivity index (χ2n) is 8.65. The third-order valence-electron chi connectivity index (χ3n) is 5.40. The zero-order valence-electron chi connectivity index (χ0n) is 17.9. The number of ether oxygens (including phenoxy) is 1. The minimum atomic E-state index is -1.85. The maximum absolute atomic E-state index is 12.4. The smallest absolute Gasteiger partial charge is 0.323 e. The second-order valence-corrected chi connectivity index (χ2v) is 13.4. The van der Waals surface area contributed by atoms with Crippen molar-refractivity contribution in [2.75, 3.05) is 7.05 Å². The molecule has 0 spiro atoms. The van der Waals surface area contributed by atoms with Gasteiger partial charge in [-0.1, -0.05) is 63.2 Å². The highest BCUT2D eigenvalue weighted by molar-refractivity contribution is 6.74. The van der Waals surface area contributed by atoms with Crippen LogP contribution in [0.5, 0.6) is 5.75 Å². The normalized spacial score (nSPS) is 13.1. The van der Waals surface area contributed by atoms with Gasteiger partial charge in [0.05, 0.1) is 0 Å². The Labute approximate surface area is 170 Å². The first-order chi connectivity index (χ1) is 13.1. The molecule has 0 aromatic heterocycles. The lowest BCUT2D eigenvalue weighted by Crippen LogP contribution is -2.43. The maximum atomic E-state index is 12.4. The van der Waals surface area contributed by atoms with Crippen LogP contribution in [-0.4, -0.2) is 27.4 Å². The maximum Gasteiger partial charge on any atom is 0.323 e. The molecule has 0 radical (unpaired) electrons. The summed E-state index contributed by atoms with van der Waals surface area (Å²) in [6.45, 7) is 11.4. The molecule has 152 valence electrons. The lowest BCUT2D eigenvalue weighted by Gasteiger charge is -2.36. The Kier molecular flexibility index (Phi) is 7.44. The summed E-state index contributed by atoms with van der Waals surface area (Å²) in [7, 11) is -0.0682. The van der Waals surface area contributed by atoms with Crippen LogP contribution in [0.25, 0.3) is 0 Å². The fourth-order valence-corrected chi connectivity index (χ4v) is 3.54. The summed E-state index contributed by atoms with van der Waals surface area (Å²) in [4.78, 5) is 12.4. The zero-order chi connectivity index (χ0) is 20.8. The third kappa shape index (κ3) is 6.21. The summed E-state index contributed by atoms with van der Waals surface area (Å²) in [6, 6.07) is 17.4. The summed E-state index contributed by atoms with van der Waals surface area (Å²) in [5, 5.41) is 3.22. The van der Waals surface area contributed by atoms with Crippen LogP contribution >= 0.6 is 0 Å². The van der Waals surface area contributed by atoms with Crippen molar-refractivity contribution in [3.8, 4) is 5.75 Å². The van der Waals surface area contributed by atoms with Crippen LogP contribution in [0.3, 0.4) is 0 Å². The van der Waals surface area contributed by atoms with Crippen molar-refractivity contribution in [3.63, 3.8) is 0 Å². The highest BCUT2D eigenvalue weighted by atomic mass is 28.4. The van der Waals surface area contributed by atoms with E-state index in [1.807, 2.05) is 54.6 Å². The van der Waals surface area contributed by atoms with Gasteiger partial charge in [0.1, 0.15) is 18.4 Å². The fourth-order valence-electron chi connectivity index (χ4n) is 2.51. The van der Waals surface area contributed by atoms with Gasteiger partial charge in [-0.25, -0.2) is 0 Å². The Hall–Kier alpha value is -2.11. The van der Waals surface area contributed by atoms with Crippen LogP contribution in [0.4, 0.5) is 0 Å². The molecule has 0 heterocycles. The Morgan fingerprint density at radius 2 is 1.61 bits per heavy atom. The molecule has 0 aliphatic carbocycles. The van der Waals surface area contributed by atoms with Gasteiger partial charge >= 0.3 is 5.97 Å². The predicted molar refractivity (Wildman–Crippen MR) is 117 cm³/mol. The molecule has 5 heteroatoms. The van der Waals surface area contributed by atoms with Gasteiger partial charge in [-0.15, -0.1) is 0 Å². The summed E-state index contributed by atoms with van der Waals surface area (Å²) < 4.78 is 11.8. The summed E-state index contributed by atoms with van der Waals surface area (Å²) in [6.07, 6.45) is 0.574. The Morgan fingerprint density at radius 1 is 1.00 bits per heavy atom. The van der Waals surface area contributed by atoms with Gasteiger partial charge in [0.15, 0.2) is 0 Å². The molecule has 2 aromatic carbocycles. The molecule has 0 saturated heterocycles. The van der Waals surface area contributed by atoms with E-state index in [0.717, 1.165) is 16.9 Å². The highest BCUT2D eigenvalue weighted by Gasteiger charge is 2.38. The van der Waals surface area contributed by atoms with E-state index in [2.05, 4.69) is 39.2 Å². The van der Waals surface area contributed by atoms with Crippen LogP contribution in [0.2, 0.25) is 18.1 Å². The van der Waals surface area contributed by atoms with Gasteiger partial charge in [-0.3, -0.25) is 4.79 Å². The molecule has 0 unspecified atom stereocenters. The van der Waals surface area contributed by atoms with E-state index < -0.39 is 8.32 Å². The lowest BCUT2D eigenvalue weighted by molar-refractivity contribution is -0.147. The van der Waals surface area contributed by atoms with E-state index in [0.29, 0.717) is 6.42 Å². The summed E-state index contributed by atoms with van der Waals surface area (Å²) >= 11 is 0. The van der Waals surface area contributed by atoms with Gasteiger partial charge in [0.25, 0.3) is 0 Å². The van der Waals surface area contributed by atoms with Gasteiger partial charge in [-0.2, -0.15) is 0 Å². The largest absolute Gasteiger partial charge is 0.544 e. The summed E-state index contributed by atoms with van der Waals surface area (Å²) in [5.74, 6) is 0.649. The van der Waals surface area contributed by atoms with E-state index in [-0.39, 0.29) is 23.7 Å². The van der Waals surface area contributed by atoms with Crippen molar-refractivity contribution < 1.29 is 14.0 Å². The van der Waals surface area contributed by atoms with Gasteiger partial charge in [-0.05, 0) is 54.9 Å². The Balaban J connectivity index is 1.94. The minimum absolute atomic E-state index is 0.158. The van der Waals surface area contributed by atoms with E-state index in [1.54, 1.807) is 7.05 Å². The molecule has 0 amide bonds. The van der Waals surface area contributed by atoms with Crippen molar-refractivity contribution >= 4 is 14.3 Å². The predicted octanol–water partition coefficient (Wildman–Crippen LogP) is 4.94.